The lowest BCUT2D eigenvalue weighted by molar-refractivity contribution is -0.132. The van der Waals surface area contributed by atoms with Crippen molar-refractivity contribution in [3.05, 3.63) is 37.3 Å². The van der Waals surface area contributed by atoms with E-state index in [2.05, 4.69) is 6.58 Å². The van der Waals surface area contributed by atoms with E-state index in [0.29, 0.717) is 0 Å². The summed E-state index contributed by atoms with van der Waals surface area (Å²) in [6, 6.07) is 0. The summed E-state index contributed by atoms with van der Waals surface area (Å²) in [7, 11) is 0. The second-order valence-electron chi connectivity index (χ2n) is 3.00. The Bertz CT molecular complexity index is 382. The summed E-state index contributed by atoms with van der Waals surface area (Å²) in [6.07, 6.45) is 0. The van der Waals surface area contributed by atoms with E-state index in [0.717, 1.165) is 0 Å². The fraction of sp³-hybridized carbons (Fsp3) is 0.100. The van der Waals surface area contributed by atoms with Crippen LogP contribution in [0.1, 0.15) is 6.92 Å². The highest BCUT2D eigenvalue weighted by molar-refractivity contribution is 6.55. The number of rotatable bonds is 1. The van der Waals surface area contributed by atoms with Crippen LogP contribution in [0.4, 0.5) is 0 Å². The van der Waals surface area contributed by atoms with Crippen molar-refractivity contribution in [3.8, 4) is 5.75 Å². The standard InChI is InChI=1S/C6HCl5O.C4H6O2/c7-1-2(8)4(10)6(12)5(11)3(1)9;1-3(2)4(5)6/h12H;1H2,2H3,(H,5,6). The number of phenols is 1. The van der Waals surface area contributed by atoms with Crippen molar-refractivity contribution in [3.63, 3.8) is 0 Å². The lowest BCUT2D eigenvalue weighted by atomic mass is 10.3. The van der Waals surface area contributed by atoms with E-state index in [-0.39, 0.29) is 36.4 Å². The molecular weight excluding hydrogens is 345 g/mol. The quantitative estimate of drug-likeness (QED) is 0.409. The number of carboxylic acid groups (broad SMARTS) is 1. The Kier molecular flexibility index (Phi) is 7.18. The van der Waals surface area contributed by atoms with Gasteiger partial charge in [0, 0.05) is 5.57 Å². The topological polar surface area (TPSA) is 57.5 Å². The number of carbonyl (C=O) groups is 1. The predicted molar refractivity (Wildman–Crippen MR) is 75.6 cm³/mol. The van der Waals surface area contributed by atoms with Crippen molar-refractivity contribution in [2.24, 2.45) is 0 Å². The van der Waals surface area contributed by atoms with Gasteiger partial charge in [0.1, 0.15) is 10.0 Å². The fourth-order valence-electron chi connectivity index (χ4n) is 0.593. The maximum Gasteiger partial charge on any atom is 0.330 e. The van der Waals surface area contributed by atoms with Crippen LogP contribution in [-0.4, -0.2) is 16.2 Å². The third kappa shape index (κ3) is 4.41. The van der Waals surface area contributed by atoms with Gasteiger partial charge in [-0.15, -0.1) is 0 Å². The molecular formula is C10H7Cl5O3. The van der Waals surface area contributed by atoms with Gasteiger partial charge in [0.2, 0.25) is 0 Å². The third-order valence-electron chi connectivity index (χ3n) is 1.55. The van der Waals surface area contributed by atoms with Gasteiger partial charge in [-0.25, -0.2) is 4.79 Å². The summed E-state index contributed by atoms with van der Waals surface area (Å²) >= 11 is 27.9. The molecule has 0 aromatic heterocycles. The summed E-state index contributed by atoms with van der Waals surface area (Å²) in [5.41, 5.74) is 0.176. The number of hydrogen-bond donors (Lipinski definition) is 2. The number of halogens is 5. The van der Waals surface area contributed by atoms with Crippen LogP contribution in [0.15, 0.2) is 12.2 Å². The molecule has 0 saturated carbocycles. The average molecular weight is 352 g/mol. The molecule has 0 aliphatic rings. The van der Waals surface area contributed by atoms with Gasteiger partial charge in [0.15, 0.2) is 5.75 Å². The average Bonchev–Trinajstić information content (AvgIpc) is 2.32. The van der Waals surface area contributed by atoms with Crippen LogP contribution >= 0.6 is 58.0 Å². The summed E-state index contributed by atoms with van der Waals surface area (Å²) in [4.78, 5) is 9.60. The van der Waals surface area contributed by atoms with Crippen molar-refractivity contribution in [1.82, 2.24) is 0 Å². The number of carboxylic acids is 1. The smallest absolute Gasteiger partial charge is 0.330 e. The van der Waals surface area contributed by atoms with Gasteiger partial charge < -0.3 is 10.2 Å². The number of benzene rings is 1. The zero-order valence-corrected chi connectivity index (χ0v) is 12.7. The molecule has 2 N–H and O–H groups in total. The number of aliphatic carboxylic acids is 1. The van der Waals surface area contributed by atoms with Crippen molar-refractivity contribution in [1.29, 1.82) is 0 Å². The summed E-state index contributed by atoms with van der Waals surface area (Å²) in [5.74, 6) is -1.30. The van der Waals surface area contributed by atoms with Crippen LogP contribution in [-0.2, 0) is 4.79 Å². The molecule has 0 aliphatic carbocycles. The molecule has 0 amide bonds. The van der Waals surface area contributed by atoms with E-state index in [4.69, 9.17) is 63.1 Å². The Morgan fingerprint density at radius 1 is 0.944 bits per heavy atom. The minimum atomic E-state index is -0.935. The van der Waals surface area contributed by atoms with Crippen LogP contribution in [0.2, 0.25) is 25.1 Å². The van der Waals surface area contributed by atoms with E-state index < -0.39 is 5.97 Å². The summed E-state index contributed by atoms with van der Waals surface area (Å²) < 4.78 is 0. The second-order valence-corrected chi connectivity index (χ2v) is 4.89. The Labute approximate surface area is 128 Å². The first-order valence-corrected chi connectivity index (χ1v) is 6.09. The monoisotopic (exact) mass is 350 g/mol. The molecule has 3 nitrogen and oxygen atoms in total. The highest BCUT2D eigenvalue weighted by Crippen LogP contribution is 2.47. The van der Waals surface area contributed by atoms with E-state index >= 15 is 0 Å². The highest BCUT2D eigenvalue weighted by atomic mass is 35.5. The molecule has 0 bridgehead atoms. The maximum absolute atomic E-state index is 9.60. The van der Waals surface area contributed by atoms with Gasteiger partial charge in [-0.3, -0.25) is 0 Å². The minimum Gasteiger partial charge on any atom is -0.505 e. The fourth-order valence-corrected chi connectivity index (χ4v) is 1.72. The number of phenolic OH excluding ortho intramolecular Hbond substituents is 1. The van der Waals surface area contributed by atoms with Crippen molar-refractivity contribution >= 4 is 64.0 Å². The molecule has 1 rings (SSSR count). The zero-order valence-electron chi connectivity index (χ0n) is 8.90. The molecule has 100 valence electrons. The van der Waals surface area contributed by atoms with Crippen molar-refractivity contribution < 1.29 is 15.0 Å². The third-order valence-corrected chi connectivity index (χ3v) is 3.81. The van der Waals surface area contributed by atoms with Crippen LogP contribution in [0.25, 0.3) is 0 Å². The molecule has 0 heterocycles. The van der Waals surface area contributed by atoms with Gasteiger partial charge in [0.25, 0.3) is 0 Å². The van der Waals surface area contributed by atoms with E-state index in [9.17, 15) is 9.90 Å². The lowest BCUT2D eigenvalue weighted by Crippen LogP contribution is -1.92. The first kappa shape index (κ1) is 17.7. The Morgan fingerprint density at radius 2 is 1.17 bits per heavy atom. The van der Waals surface area contributed by atoms with Crippen LogP contribution in [0.3, 0.4) is 0 Å². The molecule has 0 spiro atoms. The Balaban J connectivity index is 0.000000411. The molecule has 1 aromatic carbocycles. The van der Waals surface area contributed by atoms with Gasteiger partial charge in [-0.2, -0.15) is 0 Å². The largest absolute Gasteiger partial charge is 0.505 e. The predicted octanol–water partition coefficient (Wildman–Crippen LogP) is 5.31. The van der Waals surface area contributed by atoms with E-state index in [1.54, 1.807) is 0 Å². The molecule has 18 heavy (non-hydrogen) atoms. The van der Waals surface area contributed by atoms with Gasteiger partial charge in [-0.05, 0) is 6.92 Å². The Morgan fingerprint density at radius 3 is 1.39 bits per heavy atom. The Hall–Kier alpha value is -0.320. The van der Waals surface area contributed by atoms with E-state index in [1.165, 1.54) is 6.92 Å². The zero-order chi connectivity index (χ0) is 14.6. The van der Waals surface area contributed by atoms with Crippen LogP contribution < -0.4 is 0 Å². The molecule has 0 aliphatic heterocycles. The summed E-state index contributed by atoms with van der Waals surface area (Å²) in [6.45, 7) is 4.60. The van der Waals surface area contributed by atoms with Gasteiger partial charge >= 0.3 is 5.97 Å². The summed E-state index contributed by atoms with van der Waals surface area (Å²) in [5, 5.41) is 16.9. The van der Waals surface area contributed by atoms with Crippen molar-refractivity contribution in [2.45, 2.75) is 6.92 Å². The lowest BCUT2D eigenvalue weighted by Gasteiger charge is -2.06. The molecule has 0 unspecified atom stereocenters. The SMILES string of the molecule is C=C(C)C(=O)O.Oc1c(Cl)c(Cl)c(Cl)c(Cl)c1Cl. The molecule has 8 heteroatoms. The molecule has 0 atom stereocenters. The number of hydrogen-bond acceptors (Lipinski definition) is 2. The molecule has 1 aromatic rings. The molecule has 0 saturated heterocycles. The van der Waals surface area contributed by atoms with Crippen LogP contribution in [0.5, 0.6) is 5.75 Å². The maximum atomic E-state index is 9.60. The van der Waals surface area contributed by atoms with Gasteiger partial charge in [0.05, 0.1) is 15.1 Å². The second kappa shape index (κ2) is 7.31. The van der Waals surface area contributed by atoms with Crippen LogP contribution in [0, 0.1) is 0 Å². The van der Waals surface area contributed by atoms with Gasteiger partial charge in [-0.1, -0.05) is 64.6 Å². The number of aromatic hydroxyl groups is 1. The van der Waals surface area contributed by atoms with Crippen molar-refractivity contribution in [2.75, 3.05) is 0 Å². The van der Waals surface area contributed by atoms with E-state index in [1.807, 2.05) is 0 Å². The normalized spacial score (nSPS) is 9.44. The highest BCUT2D eigenvalue weighted by Gasteiger charge is 2.18. The molecule has 0 fully saturated rings. The first-order valence-electron chi connectivity index (χ1n) is 4.20. The molecule has 0 radical (unpaired) electrons. The first-order chi connectivity index (χ1) is 8.11. The minimum absolute atomic E-state index is 0.00904.